The van der Waals surface area contributed by atoms with Gasteiger partial charge in [-0.2, -0.15) is 0 Å². The SMILES string of the molecule is CN(Cc1ccccc1[N+](=O)[O-])C(=O)Cc1ccc([N+](=O)[O-])cc1. The van der Waals surface area contributed by atoms with Crippen molar-refractivity contribution in [3.8, 4) is 0 Å². The summed E-state index contributed by atoms with van der Waals surface area (Å²) in [4.78, 5) is 34.2. The number of amides is 1. The minimum absolute atomic E-state index is 0.0347. The highest BCUT2D eigenvalue weighted by molar-refractivity contribution is 5.78. The fraction of sp³-hybridized carbons (Fsp3) is 0.188. The van der Waals surface area contributed by atoms with E-state index in [1.165, 1.54) is 35.2 Å². The van der Waals surface area contributed by atoms with E-state index < -0.39 is 9.85 Å². The molecule has 0 aliphatic rings. The lowest BCUT2D eigenvalue weighted by molar-refractivity contribution is -0.385. The van der Waals surface area contributed by atoms with Gasteiger partial charge in [-0.3, -0.25) is 25.0 Å². The smallest absolute Gasteiger partial charge is 0.274 e. The first kappa shape index (κ1) is 17.1. The van der Waals surface area contributed by atoms with Gasteiger partial charge in [0.2, 0.25) is 5.91 Å². The van der Waals surface area contributed by atoms with Gasteiger partial charge in [0.25, 0.3) is 11.4 Å². The molecular weight excluding hydrogens is 314 g/mol. The Labute approximate surface area is 137 Å². The van der Waals surface area contributed by atoms with Crippen LogP contribution in [0, 0.1) is 20.2 Å². The molecule has 0 bridgehead atoms. The highest BCUT2D eigenvalue weighted by atomic mass is 16.6. The van der Waals surface area contributed by atoms with Gasteiger partial charge < -0.3 is 4.90 Å². The molecule has 8 nitrogen and oxygen atoms in total. The molecule has 0 aliphatic heterocycles. The van der Waals surface area contributed by atoms with Crippen LogP contribution in [-0.4, -0.2) is 27.7 Å². The molecular formula is C16H15N3O5. The lowest BCUT2D eigenvalue weighted by Crippen LogP contribution is -2.28. The predicted octanol–water partition coefficient (Wildman–Crippen LogP) is 2.70. The van der Waals surface area contributed by atoms with Crippen LogP contribution in [0.5, 0.6) is 0 Å². The average Bonchev–Trinajstić information content (AvgIpc) is 2.55. The molecule has 8 heteroatoms. The van der Waals surface area contributed by atoms with Crippen molar-refractivity contribution in [3.63, 3.8) is 0 Å². The molecule has 0 aliphatic carbocycles. The number of nitro benzene ring substituents is 2. The third kappa shape index (κ3) is 4.13. The van der Waals surface area contributed by atoms with Crippen molar-refractivity contribution in [2.24, 2.45) is 0 Å². The molecule has 0 N–H and O–H groups in total. The largest absolute Gasteiger partial charge is 0.341 e. The second kappa shape index (κ2) is 7.32. The van der Waals surface area contributed by atoms with Gasteiger partial charge in [-0.25, -0.2) is 0 Å². The Bertz CT molecular complexity index is 774. The quantitative estimate of drug-likeness (QED) is 0.598. The summed E-state index contributed by atoms with van der Waals surface area (Å²) in [6.45, 7) is 0.114. The van der Waals surface area contributed by atoms with Gasteiger partial charge in [0.05, 0.1) is 22.8 Å². The number of rotatable bonds is 6. The molecule has 24 heavy (non-hydrogen) atoms. The third-order valence-electron chi connectivity index (χ3n) is 3.52. The van der Waals surface area contributed by atoms with Crippen molar-refractivity contribution in [1.29, 1.82) is 0 Å². The summed E-state index contributed by atoms with van der Waals surface area (Å²) in [6, 6.07) is 12.0. The highest BCUT2D eigenvalue weighted by Gasteiger charge is 2.17. The number of hydrogen-bond donors (Lipinski definition) is 0. The van der Waals surface area contributed by atoms with E-state index in [4.69, 9.17) is 0 Å². The number of nitrogens with zero attached hydrogens (tertiary/aromatic N) is 3. The van der Waals surface area contributed by atoms with Gasteiger partial charge in [-0.15, -0.1) is 0 Å². The topological polar surface area (TPSA) is 107 Å². The summed E-state index contributed by atoms with van der Waals surface area (Å²) in [5.41, 5.74) is 1.01. The number of benzene rings is 2. The molecule has 2 rings (SSSR count). The van der Waals surface area contributed by atoms with E-state index in [0.717, 1.165) is 0 Å². The molecule has 0 saturated carbocycles. The van der Waals surface area contributed by atoms with Gasteiger partial charge in [0.1, 0.15) is 0 Å². The second-order valence-corrected chi connectivity index (χ2v) is 5.24. The van der Waals surface area contributed by atoms with Crippen molar-refractivity contribution in [2.45, 2.75) is 13.0 Å². The van der Waals surface area contributed by atoms with Crippen LogP contribution in [0.15, 0.2) is 48.5 Å². The van der Waals surface area contributed by atoms with Crippen molar-refractivity contribution < 1.29 is 14.6 Å². The second-order valence-electron chi connectivity index (χ2n) is 5.24. The summed E-state index contributed by atoms with van der Waals surface area (Å²) in [6.07, 6.45) is 0.0646. The maximum atomic E-state index is 12.2. The van der Waals surface area contributed by atoms with Crippen LogP contribution in [-0.2, 0) is 17.8 Å². The van der Waals surface area contributed by atoms with Crippen LogP contribution in [0.3, 0.4) is 0 Å². The van der Waals surface area contributed by atoms with Crippen molar-refractivity contribution >= 4 is 17.3 Å². The van der Waals surface area contributed by atoms with Gasteiger partial charge in [-0.05, 0) is 5.56 Å². The highest BCUT2D eigenvalue weighted by Crippen LogP contribution is 2.19. The Morgan fingerprint density at radius 2 is 1.62 bits per heavy atom. The summed E-state index contributed by atoms with van der Waals surface area (Å²) in [5, 5.41) is 21.6. The number of carbonyl (C=O) groups excluding carboxylic acids is 1. The van der Waals surface area contributed by atoms with Gasteiger partial charge >= 0.3 is 0 Å². The van der Waals surface area contributed by atoms with E-state index in [1.807, 2.05) is 0 Å². The van der Waals surface area contributed by atoms with Crippen LogP contribution >= 0.6 is 0 Å². The van der Waals surface area contributed by atoms with E-state index >= 15 is 0 Å². The maximum absolute atomic E-state index is 12.2. The average molecular weight is 329 g/mol. The van der Waals surface area contributed by atoms with E-state index in [1.54, 1.807) is 25.2 Å². The Hall–Kier alpha value is -3.29. The lowest BCUT2D eigenvalue weighted by Gasteiger charge is -2.17. The number of carbonyl (C=O) groups is 1. The Morgan fingerprint density at radius 1 is 1.00 bits per heavy atom. The molecule has 0 atom stereocenters. The first-order valence-corrected chi connectivity index (χ1v) is 7.08. The summed E-state index contributed by atoms with van der Waals surface area (Å²) >= 11 is 0. The number of nitro groups is 2. The van der Waals surface area contributed by atoms with Gasteiger partial charge in [0, 0.05) is 30.8 Å². The minimum atomic E-state index is -0.508. The summed E-state index contributed by atoms with van der Waals surface area (Å²) < 4.78 is 0. The van der Waals surface area contributed by atoms with Gasteiger partial charge in [0.15, 0.2) is 0 Å². The first-order chi connectivity index (χ1) is 11.4. The zero-order valence-corrected chi connectivity index (χ0v) is 12.9. The first-order valence-electron chi connectivity index (χ1n) is 7.08. The van der Waals surface area contributed by atoms with E-state index in [9.17, 15) is 25.0 Å². The van der Waals surface area contributed by atoms with Crippen LogP contribution in [0.1, 0.15) is 11.1 Å². The molecule has 0 heterocycles. The van der Waals surface area contributed by atoms with Gasteiger partial charge in [-0.1, -0.05) is 30.3 Å². The van der Waals surface area contributed by atoms with Crippen LogP contribution < -0.4 is 0 Å². The zero-order chi connectivity index (χ0) is 17.7. The van der Waals surface area contributed by atoms with Crippen molar-refractivity contribution in [1.82, 2.24) is 4.90 Å². The molecule has 124 valence electrons. The summed E-state index contributed by atoms with van der Waals surface area (Å²) in [7, 11) is 1.56. The lowest BCUT2D eigenvalue weighted by atomic mass is 10.1. The Kier molecular flexibility index (Phi) is 5.20. The zero-order valence-electron chi connectivity index (χ0n) is 12.9. The van der Waals surface area contributed by atoms with Crippen LogP contribution in [0.4, 0.5) is 11.4 Å². The standard InChI is InChI=1S/C16H15N3O5/c1-17(11-13-4-2-3-5-15(13)19(23)24)16(20)10-12-6-8-14(9-7-12)18(21)22/h2-9H,10-11H2,1H3. The predicted molar refractivity (Wildman–Crippen MR) is 86.4 cm³/mol. The molecule has 2 aromatic rings. The van der Waals surface area contributed by atoms with Crippen LogP contribution in [0.2, 0.25) is 0 Å². The molecule has 0 fully saturated rings. The van der Waals surface area contributed by atoms with E-state index in [-0.39, 0.29) is 30.2 Å². The molecule has 0 unspecified atom stereocenters. The normalized spacial score (nSPS) is 10.2. The monoisotopic (exact) mass is 329 g/mol. The minimum Gasteiger partial charge on any atom is -0.341 e. The number of para-hydroxylation sites is 1. The van der Waals surface area contributed by atoms with Crippen LogP contribution in [0.25, 0.3) is 0 Å². The number of non-ortho nitro benzene ring substituents is 1. The van der Waals surface area contributed by atoms with Crippen molar-refractivity contribution in [3.05, 3.63) is 79.9 Å². The number of likely N-dealkylation sites (N-methyl/N-ethyl adjacent to an activating group) is 1. The fourth-order valence-electron chi connectivity index (χ4n) is 2.21. The van der Waals surface area contributed by atoms with Crippen molar-refractivity contribution in [2.75, 3.05) is 7.05 Å². The molecule has 2 aromatic carbocycles. The molecule has 0 aromatic heterocycles. The number of hydrogen-bond acceptors (Lipinski definition) is 5. The molecule has 0 spiro atoms. The third-order valence-corrected chi connectivity index (χ3v) is 3.52. The molecule has 1 amide bonds. The van der Waals surface area contributed by atoms with E-state index in [2.05, 4.69) is 0 Å². The van der Waals surface area contributed by atoms with E-state index in [0.29, 0.717) is 11.1 Å². The molecule has 0 saturated heterocycles. The maximum Gasteiger partial charge on any atom is 0.274 e. The summed E-state index contributed by atoms with van der Waals surface area (Å²) in [5.74, 6) is -0.234. The fourth-order valence-corrected chi connectivity index (χ4v) is 2.21. The Balaban J connectivity index is 2.05. The Morgan fingerprint density at radius 3 is 2.21 bits per heavy atom. The molecule has 0 radical (unpaired) electrons.